The van der Waals surface area contributed by atoms with Crippen molar-refractivity contribution >= 4 is 64.4 Å². The molecule has 5 amide bonds. The van der Waals surface area contributed by atoms with Gasteiger partial charge in [0.05, 0.1) is 5.69 Å². The average Bonchev–Trinajstić information content (AvgIpc) is 2.85. The first-order chi connectivity index (χ1) is 18.0. The Morgan fingerprint density at radius 1 is 1.03 bits per heavy atom. The van der Waals surface area contributed by atoms with Crippen molar-refractivity contribution in [2.75, 3.05) is 16.8 Å². The van der Waals surface area contributed by atoms with E-state index in [0.29, 0.717) is 21.3 Å². The molecule has 1 aliphatic rings. The third kappa shape index (κ3) is 5.72. The zero-order valence-electron chi connectivity index (χ0n) is 20.7. The highest BCUT2D eigenvalue weighted by atomic mass is 35.5. The molecule has 1 saturated heterocycles. The molecule has 0 aliphatic carbocycles. The van der Waals surface area contributed by atoms with Crippen molar-refractivity contribution in [3.63, 3.8) is 0 Å². The van der Waals surface area contributed by atoms with Crippen molar-refractivity contribution in [3.05, 3.63) is 92.5 Å². The molecule has 0 radical (unpaired) electrons. The Morgan fingerprint density at radius 2 is 1.79 bits per heavy atom. The molecule has 4 rings (SSSR count). The van der Waals surface area contributed by atoms with Gasteiger partial charge in [0, 0.05) is 21.3 Å². The van der Waals surface area contributed by atoms with Gasteiger partial charge in [0.25, 0.3) is 17.7 Å². The predicted molar refractivity (Wildman–Crippen MR) is 147 cm³/mol. The van der Waals surface area contributed by atoms with Crippen molar-refractivity contribution < 1.29 is 23.9 Å². The summed E-state index contributed by atoms with van der Waals surface area (Å²) in [6.45, 7) is 5.17. The van der Waals surface area contributed by atoms with Crippen molar-refractivity contribution in [2.45, 2.75) is 20.8 Å². The molecule has 10 heteroatoms. The second kappa shape index (κ2) is 11.1. The second-order valence-corrected chi connectivity index (χ2v) is 9.52. The van der Waals surface area contributed by atoms with Gasteiger partial charge in [0.1, 0.15) is 11.3 Å². The molecule has 38 heavy (non-hydrogen) atoms. The Balaban J connectivity index is 1.60. The number of hydrogen-bond donors (Lipinski definition) is 2. The van der Waals surface area contributed by atoms with Crippen LogP contribution < -0.4 is 20.3 Å². The number of nitrogens with zero attached hydrogens (tertiary/aromatic N) is 1. The lowest BCUT2D eigenvalue weighted by atomic mass is 10.0. The Morgan fingerprint density at radius 3 is 2.53 bits per heavy atom. The van der Waals surface area contributed by atoms with Gasteiger partial charge >= 0.3 is 6.03 Å². The van der Waals surface area contributed by atoms with E-state index in [0.717, 1.165) is 16.0 Å². The monoisotopic (exact) mass is 551 g/mol. The van der Waals surface area contributed by atoms with E-state index in [1.165, 1.54) is 18.2 Å². The van der Waals surface area contributed by atoms with Crippen LogP contribution >= 0.6 is 23.2 Å². The molecule has 0 aromatic heterocycles. The summed E-state index contributed by atoms with van der Waals surface area (Å²) in [5.74, 6) is -1.91. The van der Waals surface area contributed by atoms with E-state index >= 15 is 0 Å². The Bertz CT molecular complexity index is 1520. The summed E-state index contributed by atoms with van der Waals surface area (Å²) in [7, 11) is 0. The third-order valence-electron chi connectivity index (χ3n) is 5.87. The minimum Gasteiger partial charge on any atom is -0.483 e. The summed E-state index contributed by atoms with van der Waals surface area (Å²) in [6.07, 6.45) is 1.26. The van der Waals surface area contributed by atoms with Gasteiger partial charge in [0.15, 0.2) is 6.61 Å². The summed E-state index contributed by atoms with van der Waals surface area (Å²) in [5.41, 5.74) is 3.32. The Labute approximate surface area is 229 Å². The van der Waals surface area contributed by atoms with E-state index < -0.39 is 23.8 Å². The lowest BCUT2D eigenvalue weighted by Gasteiger charge is -2.27. The van der Waals surface area contributed by atoms with Crippen molar-refractivity contribution in [3.8, 4) is 5.75 Å². The van der Waals surface area contributed by atoms with Crippen LogP contribution in [0.25, 0.3) is 6.08 Å². The van der Waals surface area contributed by atoms with Gasteiger partial charge in [-0.1, -0.05) is 47.0 Å². The zero-order chi connectivity index (χ0) is 27.6. The molecule has 8 nitrogen and oxygen atoms in total. The molecule has 0 saturated carbocycles. The van der Waals surface area contributed by atoms with Crippen LogP contribution in [0.4, 0.5) is 16.2 Å². The fraction of sp³-hybridized carbons (Fsp3) is 0.143. The number of carbonyl (C=O) groups excluding carboxylic acids is 4. The standard InChI is InChI=1S/C28H23Cl2N3O5/c1-15-7-9-22(16(2)11-15)31-25(34)14-38-24-10-8-19(29)12-18(24)13-20-26(35)32-28(37)33(27(20)36)23-6-4-5-21(30)17(23)3/h4-13H,14H2,1-3H3,(H,31,34)(H,32,35,37)/b20-13-. The maximum absolute atomic E-state index is 13.3. The molecule has 0 atom stereocenters. The van der Waals surface area contributed by atoms with Gasteiger partial charge in [-0.15, -0.1) is 0 Å². The van der Waals surface area contributed by atoms with Crippen LogP contribution in [0.2, 0.25) is 10.0 Å². The zero-order valence-corrected chi connectivity index (χ0v) is 22.2. The molecule has 1 fully saturated rings. The first-order valence-electron chi connectivity index (χ1n) is 11.5. The quantitative estimate of drug-likeness (QED) is 0.306. The minimum absolute atomic E-state index is 0.209. The molecular weight excluding hydrogens is 529 g/mol. The number of nitrogens with one attached hydrogen (secondary N) is 2. The molecule has 1 aliphatic heterocycles. The Kier molecular flexibility index (Phi) is 7.85. The van der Waals surface area contributed by atoms with Crippen LogP contribution in [0.5, 0.6) is 5.75 Å². The van der Waals surface area contributed by atoms with E-state index in [9.17, 15) is 19.2 Å². The number of hydrogen-bond acceptors (Lipinski definition) is 5. The normalized spacial score (nSPS) is 14.5. The second-order valence-electron chi connectivity index (χ2n) is 8.68. The highest BCUT2D eigenvalue weighted by Gasteiger charge is 2.37. The largest absolute Gasteiger partial charge is 0.483 e. The smallest absolute Gasteiger partial charge is 0.335 e. The predicted octanol–water partition coefficient (Wildman–Crippen LogP) is 5.60. The van der Waals surface area contributed by atoms with Crippen molar-refractivity contribution in [1.82, 2.24) is 5.32 Å². The highest BCUT2D eigenvalue weighted by molar-refractivity contribution is 6.40. The average molecular weight is 552 g/mol. The number of anilines is 2. The molecule has 2 N–H and O–H groups in total. The number of aryl methyl sites for hydroxylation is 2. The lowest BCUT2D eigenvalue weighted by molar-refractivity contribution is -0.122. The molecule has 0 spiro atoms. The summed E-state index contributed by atoms with van der Waals surface area (Å²) in [6, 6.07) is 14.1. The number of ether oxygens (including phenoxy) is 1. The van der Waals surface area contributed by atoms with Gasteiger partial charge in [-0.3, -0.25) is 19.7 Å². The van der Waals surface area contributed by atoms with Gasteiger partial charge in [-0.2, -0.15) is 0 Å². The van der Waals surface area contributed by atoms with E-state index in [-0.39, 0.29) is 29.2 Å². The summed E-state index contributed by atoms with van der Waals surface area (Å²) >= 11 is 12.3. The first kappa shape index (κ1) is 26.9. The maximum Gasteiger partial charge on any atom is 0.335 e. The van der Waals surface area contributed by atoms with E-state index in [4.69, 9.17) is 27.9 Å². The number of carbonyl (C=O) groups is 4. The number of amides is 5. The van der Waals surface area contributed by atoms with Crippen LogP contribution in [0.1, 0.15) is 22.3 Å². The van der Waals surface area contributed by atoms with E-state index in [1.807, 2.05) is 32.0 Å². The number of barbiturate groups is 1. The van der Waals surface area contributed by atoms with Crippen LogP contribution in [-0.2, 0) is 14.4 Å². The summed E-state index contributed by atoms with van der Waals surface area (Å²) in [5, 5.41) is 5.64. The molecule has 0 unspecified atom stereocenters. The summed E-state index contributed by atoms with van der Waals surface area (Å²) in [4.78, 5) is 52.0. The van der Waals surface area contributed by atoms with Gasteiger partial charge in [-0.25, -0.2) is 9.69 Å². The number of imide groups is 2. The minimum atomic E-state index is -0.895. The topological polar surface area (TPSA) is 105 Å². The number of rotatable bonds is 6. The molecule has 3 aromatic rings. The number of halogens is 2. The molecule has 0 bridgehead atoms. The molecule has 3 aromatic carbocycles. The fourth-order valence-corrected chi connectivity index (χ4v) is 4.27. The van der Waals surface area contributed by atoms with Crippen molar-refractivity contribution in [2.24, 2.45) is 0 Å². The van der Waals surface area contributed by atoms with Crippen LogP contribution in [-0.4, -0.2) is 30.4 Å². The Hall–Kier alpha value is -4.14. The molecule has 194 valence electrons. The third-order valence-corrected chi connectivity index (χ3v) is 6.51. The fourth-order valence-electron chi connectivity index (χ4n) is 3.92. The van der Waals surface area contributed by atoms with E-state index in [2.05, 4.69) is 10.6 Å². The number of benzene rings is 3. The summed E-state index contributed by atoms with van der Waals surface area (Å²) < 4.78 is 5.71. The SMILES string of the molecule is Cc1ccc(NC(=O)COc2ccc(Cl)cc2/C=C2/C(=O)NC(=O)N(c3cccc(Cl)c3C)C2=O)c(C)c1. The van der Waals surface area contributed by atoms with Gasteiger partial charge < -0.3 is 10.1 Å². The molecule has 1 heterocycles. The van der Waals surface area contributed by atoms with E-state index in [1.54, 1.807) is 31.2 Å². The van der Waals surface area contributed by atoms with Crippen LogP contribution in [0.15, 0.2) is 60.2 Å². The molecular formula is C28H23Cl2N3O5. The van der Waals surface area contributed by atoms with Gasteiger partial charge in [-0.05, 0) is 74.4 Å². The first-order valence-corrected chi connectivity index (χ1v) is 12.3. The maximum atomic E-state index is 13.3. The van der Waals surface area contributed by atoms with Gasteiger partial charge in [0.2, 0.25) is 0 Å². The highest BCUT2D eigenvalue weighted by Crippen LogP contribution is 2.31. The van der Waals surface area contributed by atoms with Crippen LogP contribution in [0, 0.1) is 20.8 Å². The van der Waals surface area contributed by atoms with Crippen molar-refractivity contribution in [1.29, 1.82) is 0 Å². The lowest BCUT2D eigenvalue weighted by Crippen LogP contribution is -2.54. The van der Waals surface area contributed by atoms with Crippen LogP contribution in [0.3, 0.4) is 0 Å². The number of urea groups is 1.